The molecule has 1 unspecified atom stereocenters. The van der Waals surface area contributed by atoms with Crippen LogP contribution >= 0.6 is 0 Å². The summed E-state index contributed by atoms with van der Waals surface area (Å²) < 4.78 is 0. The lowest BCUT2D eigenvalue weighted by atomic mass is 10.0. The van der Waals surface area contributed by atoms with Crippen molar-refractivity contribution in [1.29, 1.82) is 0 Å². The topological polar surface area (TPSA) is 90.5 Å². The number of nitrogens with zero attached hydrogens (tertiary/aromatic N) is 1. The fourth-order valence-corrected chi connectivity index (χ4v) is 4.64. The Labute approximate surface area is 174 Å². The molecule has 0 saturated carbocycles. The van der Waals surface area contributed by atoms with Gasteiger partial charge in [-0.2, -0.15) is 0 Å². The summed E-state index contributed by atoms with van der Waals surface area (Å²) in [7, 11) is 0. The second-order valence-electron chi connectivity index (χ2n) is 8.16. The Morgan fingerprint density at radius 2 is 1.87 bits per heavy atom. The molecule has 3 amide bonds. The van der Waals surface area contributed by atoms with Crippen LogP contribution in [0.4, 0.5) is 0 Å². The van der Waals surface area contributed by atoms with E-state index >= 15 is 0 Å². The van der Waals surface area contributed by atoms with Gasteiger partial charge in [0.1, 0.15) is 6.04 Å². The molecule has 3 aliphatic heterocycles. The van der Waals surface area contributed by atoms with Crippen LogP contribution < -0.4 is 16.0 Å². The Morgan fingerprint density at radius 3 is 2.73 bits per heavy atom. The summed E-state index contributed by atoms with van der Waals surface area (Å²) in [6, 6.07) is 11.8. The van der Waals surface area contributed by atoms with Gasteiger partial charge in [-0.05, 0) is 34.2 Å². The zero-order valence-corrected chi connectivity index (χ0v) is 16.7. The molecular weight excluding hydrogens is 380 g/mol. The van der Waals surface area contributed by atoms with Crippen LogP contribution in [0.15, 0.2) is 36.4 Å². The van der Waals surface area contributed by atoms with Gasteiger partial charge < -0.3 is 15.5 Å². The number of rotatable bonds is 5. The number of fused-ring (bicyclic) bond motifs is 2. The molecule has 7 heteroatoms. The minimum atomic E-state index is -0.580. The lowest BCUT2D eigenvalue weighted by Gasteiger charge is -2.29. The van der Waals surface area contributed by atoms with Crippen molar-refractivity contribution in [3.8, 4) is 0 Å². The molecule has 3 aliphatic rings. The predicted molar refractivity (Wildman–Crippen MR) is 110 cm³/mol. The lowest BCUT2D eigenvalue weighted by Crippen LogP contribution is -2.52. The fourth-order valence-electron chi connectivity index (χ4n) is 4.64. The van der Waals surface area contributed by atoms with Crippen molar-refractivity contribution in [3.63, 3.8) is 0 Å². The molecule has 1 atom stereocenters. The number of hydrogen-bond donors (Lipinski definition) is 3. The zero-order chi connectivity index (χ0) is 20.7. The first-order valence-electron chi connectivity index (χ1n) is 10.4. The molecular formula is C23H24N4O3. The number of amides is 3. The van der Waals surface area contributed by atoms with Gasteiger partial charge in [0.2, 0.25) is 11.8 Å². The van der Waals surface area contributed by atoms with E-state index in [0.717, 1.165) is 30.8 Å². The van der Waals surface area contributed by atoms with Crippen molar-refractivity contribution in [1.82, 2.24) is 20.9 Å². The molecule has 0 bridgehead atoms. The molecule has 0 aromatic heterocycles. The Morgan fingerprint density at radius 1 is 1.00 bits per heavy atom. The summed E-state index contributed by atoms with van der Waals surface area (Å²) >= 11 is 0. The number of carbonyl (C=O) groups is 3. The van der Waals surface area contributed by atoms with E-state index in [1.54, 1.807) is 4.90 Å². The summed E-state index contributed by atoms with van der Waals surface area (Å²) in [5, 5.41) is 9.16. The minimum absolute atomic E-state index is 0.125. The van der Waals surface area contributed by atoms with Crippen LogP contribution in [0.3, 0.4) is 0 Å². The van der Waals surface area contributed by atoms with Gasteiger partial charge in [-0.15, -0.1) is 0 Å². The Balaban J connectivity index is 1.28. The van der Waals surface area contributed by atoms with Crippen LogP contribution in [0.5, 0.6) is 0 Å². The number of hydrogen-bond acceptors (Lipinski definition) is 5. The first-order chi connectivity index (χ1) is 14.6. The highest BCUT2D eigenvalue weighted by molar-refractivity contribution is 6.05. The molecule has 5 rings (SSSR count). The SMILES string of the molecule is O=C1CCC(N2Cc3cccc(CNCc4ccc5c(c4)CNC5)c3C2=O)C(=O)N1. The molecule has 0 spiro atoms. The van der Waals surface area contributed by atoms with Crippen molar-refractivity contribution in [2.45, 2.75) is 51.6 Å². The molecule has 3 heterocycles. The van der Waals surface area contributed by atoms with Gasteiger partial charge in [-0.1, -0.05) is 36.4 Å². The van der Waals surface area contributed by atoms with E-state index in [-0.39, 0.29) is 24.1 Å². The Hall–Kier alpha value is -3.03. The number of carbonyl (C=O) groups excluding carboxylic acids is 3. The van der Waals surface area contributed by atoms with Gasteiger partial charge in [-0.3, -0.25) is 19.7 Å². The summed E-state index contributed by atoms with van der Waals surface area (Å²) in [4.78, 5) is 38.4. The molecule has 0 radical (unpaired) electrons. The molecule has 7 nitrogen and oxygen atoms in total. The predicted octanol–water partition coefficient (Wildman–Crippen LogP) is 1.34. The van der Waals surface area contributed by atoms with E-state index in [9.17, 15) is 14.4 Å². The van der Waals surface area contributed by atoms with E-state index < -0.39 is 6.04 Å². The quantitative estimate of drug-likeness (QED) is 0.655. The van der Waals surface area contributed by atoms with Crippen LogP contribution in [0.2, 0.25) is 0 Å². The first kappa shape index (κ1) is 19.0. The van der Waals surface area contributed by atoms with Crippen molar-refractivity contribution < 1.29 is 14.4 Å². The number of benzene rings is 2. The average Bonchev–Trinajstić information content (AvgIpc) is 3.33. The first-order valence-corrected chi connectivity index (χ1v) is 10.4. The third-order valence-corrected chi connectivity index (χ3v) is 6.18. The molecule has 154 valence electrons. The summed E-state index contributed by atoms with van der Waals surface area (Å²) in [5.41, 5.74) is 6.50. The third kappa shape index (κ3) is 3.40. The molecule has 30 heavy (non-hydrogen) atoms. The van der Waals surface area contributed by atoms with Crippen LogP contribution in [0.1, 0.15) is 51.0 Å². The number of nitrogens with one attached hydrogen (secondary N) is 3. The van der Waals surface area contributed by atoms with Crippen LogP contribution in [0, 0.1) is 0 Å². The number of imide groups is 1. The molecule has 0 aliphatic carbocycles. The second kappa shape index (κ2) is 7.66. The fraction of sp³-hybridized carbons (Fsp3) is 0.348. The van der Waals surface area contributed by atoms with Crippen molar-refractivity contribution in [2.24, 2.45) is 0 Å². The molecule has 2 aromatic rings. The zero-order valence-electron chi connectivity index (χ0n) is 16.7. The van der Waals surface area contributed by atoms with Crippen molar-refractivity contribution >= 4 is 17.7 Å². The summed E-state index contributed by atoms with van der Waals surface area (Å²) in [6.07, 6.45) is 0.645. The van der Waals surface area contributed by atoms with Gasteiger partial charge in [0, 0.05) is 44.7 Å². The van der Waals surface area contributed by atoms with E-state index in [1.165, 1.54) is 16.7 Å². The highest BCUT2D eigenvalue weighted by Crippen LogP contribution is 2.30. The molecule has 2 aromatic carbocycles. The maximum atomic E-state index is 13.1. The minimum Gasteiger partial charge on any atom is -0.322 e. The van der Waals surface area contributed by atoms with E-state index in [0.29, 0.717) is 25.1 Å². The maximum Gasteiger partial charge on any atom is 0.255 e. The van der Waals surface area contributed by atoms with Crippen LogP contribution in [0.25, 0.3) is 0 Å². The van der Waals surface area contributed by atoms with E-state index in [2.05, 4.69) is 34.1 Å². The maximum absolute atomic E-state index is 13.1. The molecule has 1 fully saturated rings. The largest absolute Gasteiger partial charge is 0.322 e. The summed E-state index contributed by atoms with van der Waals surface area (Å²) in [5.74, 6) is -0.772. The Kier molecular flexibility index (Phi) is 4.84. The number of piperidine rings is 1. The van der Waals surface area contributed by atoms with Crippen molar-refractivity contribution in [3.05, 3.63) is 69.8 Å². The van der Waals surface area contributed by atoms with Crippen molar-refractivity contribution in [2.75, 3.05) is 0 Å². The van der Waals surface area contributed by atoms with Gasteiger partial charge in [0.05, 0.1) is 0 Å². The highest BCUT2D eigenvalue weighted by Gasteiger charge is 2.39. The Bertz CT molecular complexity index is 1050. The van der Waals surface area contributed by atoms with Gasteiger partial charge >= 0.3 is 0 Å². The van der Waals surface area contributed by atoms with Crippen LogP contribution in [-0.4, -0.2) is 28.7 Å². The van der Waals surface area contributed by atoms with E-state index in [4.69, 9.17) is 0 Å². The molecule has 1 saturated heterocycles. The van der Waals surface area contributed by atoms with Gasteiger partial charge in [0.25, 0.3) is 5.91 Å². The average molecular weight is 404 g/mol. The van der Waals surface area contributed by atoms with Gasteiger partial charge in [-0.25, -0.2) is 0 Å². The monoisotopic (exact) mass is 404 g/mol. The van der Waals surface area contributed by atoms with Gasteiger partial charge in [0.15, 0.2) is 0 Å². The summed E-state index contributed by atoms with van der Waals surface area (Å²) in [6.45, 7) is 3.56. The van der Waals surface area contributed by atoms with E-state index in [1.807, 2.05) is 18.2 Å². The smallest absolute Gasteiger partial charge is 0.255 e. The standard InChI is InChI=1S/C23H24N4O3/c28-20-7-6-19(22(29)26-20)27-13-17-3-1-2-16(21(17)23(27)30)11-24-9-14-4-5-15-10-25-12-18(15)8-14/h1-5,8,19,24-25H,6-7,9-13H2,(H,26,28,29). The third-order valence-electron chi connectivity index (χ3n) is 6.18. The van der Waals surface area contributed by atoms with Crippen LogP contribution in [-0.2, 0) is 42.3 Å². The highest BCUT2D eigenvalue weighted by atomic mass is 16.2. The lowest BCUT2D eigenvalue weighted by molar-refractivity contribution is -0.136. The normalized spacial score (nSPS) is 20.3. The second-order valence-corrected chi connectivity index (χ2v) is 8.16. The molecule has 3 N–H and O–H groups in total.